The molecule has 6 rings (SSSR count). The third kappa shape index (κ3) is 3.45. The van der Waals surface area contributed by atoms with Gasteiger partial charge in [0.15, 0.2) is 30.0 Å². The van der Waals surface area contributed by atoms with Crippen LogP contribution in [-0.4, -0.2) is 29.9 Å². The first-order chi connectivity index (χ1) is 14.8. The smallest absolute Gasteiger partial charge is 0.152 e. The van der Waals surface area contributed by atoms with Crippen LogP contribution in [0.3, 0.4) is 0 Å². The number of thiazole rings is 6. The number of hydrogen-bond donors (Lipinski definition) is 0. The fourth-order valence-corrected chi connectivity index (χ4v) is 7.69. The molecule has 0 aliphatic carbocycles. The first-order valence-electron chi connectivity index (χ1n) is 8.47. The Hall–Kier alpha value is -2.22. The highest BCUT2D eigenvalue weighted by Gasteiger charge is 2.16. The fraction of sp³-hybridized carbons (Fsp3) is 0. The number of aromatic nitrogens is 6. The van der Waals surface area contributed by atoms with Crippen LogP contribution in [0.1, 0.15) is 0 Å². The average Bonchev–Trinajstić information content (AvgIpc) is 3.62. The van der Waals surface area contributed by atoms with Crippen LogP contribution in [0, 0.1) is 0 Å². The van der Waals surface area contributed by atoms with E-state index in [4.69, 9.17) is 4.98 Å². The Labute approximate surface area is 194 Å². The van der Waals surface area contributed by atoms with E-state index in [1.807, 2.05) is 29.4 Å². The molecular formula is C18H8N6S6. The Morgan fingerprint density at radius 2 is 1.03 bits per heavy atom. The second-order valence-corrected chi connectivity index (χ2v) is 11.5. The first kappa shape index (κ1) is 18.5. The SMILES string of the molecule is c1csc(-c2ncc(-c3csc(-c4ncc(-c5cnc(-c6nccs6)s5)s4)n3)s2)n1. The third-order valence-corrected chi connectivity index (χ3v) is 9.96. The monoisotopic (exact) mass is 500 g/mol. The molecular weight excluding hydrogens is 493 g/mol. The van der Waals surface area contributed by atoms with Crippen LogP contribution in [0.25, 0.3) is 50.4 Å². The van der Waals surface area contributed by atoms with Gasteiger partial charge in [0.25, 0.3) is 0 Å². The maximum absolute atomic E-state index is 4.80. The van der Waals surface area contributed by atoms with Crippen molar-refractivity contribution in [3.05, 3.63) is 47.1 Å². The van der Waals surface area contributed by atoms with Gasteiger partial charge in [-0.15, -0.1) is 68.0 Å². The van der Waals surface area contributed by atoms with Gasteiger partial charge >= 0.3 is 0 Å². The van der Waals surface area contributed by atoms with Crippen molar-refractivity contribution in [2.45, 2.75) is 0 Å². The van der Waals surface area contributed by atoms with Crippen LogP contribution in [0.4, 0.5) is 0 Å². The van der Waals surface area contributed by atoms with Crippen molar-refractivity contribution in [3.8, 4) is 50.4 Å². The average molecular weight is 501 g/mol. The largest absolute Gasteiger partial charge is 0.242 e. The Kier molecular flexibility index (Phi) is 4.82. The Balaban J connectivity index is 1.26. The minimum Gasteiger partial charge on any atom is -0.242 e. The molecule has 146 valence electrons. The van der Waals surface area contributed by atoms with E-state index in [0.29, 0.717) is 0 Å². The van der Waals surface area contributed by atoms with Crippen molar-refractivity contribution in [1.29, 1.82) is 0 Å². The molecule has 6 aromatic heterocycles. The van der Waals surface area contributed by atoms with Gasteiger partial charge in [0.1, 0.15) is 0 Å². The summed E-state index contributed by atoms with van der Waals surface area (Å²) in [5, 5.41) is 11.5. The molecule has 30 heavy (non-hydrogen) atoms. The van der Waals surface area contributed by atoms with Crippen molar-refractivity contribution in [3.63, 3.8) is 0 Å². The van der Waals surface area contributed by atoms with Gasteiger partial charge in [-0.25, -0.2) is 29.9 Å². The first-order valence-corrected chi connectivity index (χ1v) is 13.6. The molecule has 6 aromatic rings. The highest BCUT2D eigenvalue weighted by Crippen LogP contribution is 2.40. The Morgan fingerprint density at radius 3 is 1.60 bits per heavy atom. The minimum absolute atomic E-state index is 0.912. The summed E-state index contributed by atoms with van der Waals surface area (Å²) in [5.41, 5.74) is 0.927. The highest BCUT2D eigenvalue weighted by molar-refractivity contribution is 7.27. The summed E-state index contributed by atoms with van der Waals surface area (Å²) < 4.78 is 0. The standard InChI is InChI=1S/C18H8N6S6/c1-3-25-13(19-1)15-21-5-10(28-15)9-8-27-18(24-9)17-23-7-12(30-17)11-6-22-16(29-11)14-20-2-4-26-14/h1-8H. The van der Waals surface area contributed by atoms with Crippen LogP contribution >= 0.6 is 68.0 Å². The molecule has 0 radical (unpaired) electrons. The van der Waals surface area contributed by atoms with Gasteiger partial charge in [-0.1, -0.05) is 0 Å². The van der Waals surface area contributed by atoms with Gasteiger partial charge < -0.3 is 0 Å². The molecule has 0 amide bonds. The molecule has 0 N–H and O–H groups in total. The molecule has 0 fully saturated rings. The van der Waals surface area contributed by atoms with Crippen molar-refractivity contribution < 1.29 is 0 Å². The maximum Gasteiger partial charge on any atom is 0.152 e. The number of nitrogens with zero attached hydrogens (tertiary/aromatic N) is 6. The van der Waals surface area contributed by atoms with Crippen LogP contribution in [0.2, 0.25) is 0 Å². The van der Waals surface area contributed by atoms with E-state index < -0.39 is 0 Å². The Bertz CT molecular complexity index is 1300. The zero-order valence-electron chi connectivity index (χ0n) is 14.8. The summed E-state index contributed by atoms with van der Waals surface area (Å²) in [4.78, 5) is 30.3. The topological polar surface area (TPSA) is 77.3 Å². The maximum atomic E-state index is 4.80. The predicted octanol–water partition coefficient (Wildman–Crippen LogP) is 6.76. The quantitative estimate of drug-likeness (QED) is 0.260. The fourth-order valence-electron chi connectivity index (χ4n) is 2.61. The molecule has 0 bridgehead atoms. The lowest BCUT2D eigenvalue weighted by atomic mass is 10.4. The molecule has 0 spiro atoms. The summed E-state index contributed by atoms with van der Waals surface area (Å²) in [7, 11) is 0. The summed E-state index contributed by atoms with van der Waals surface area (Å²) in [6.45, 7) is 0. The van der Waals surface area contributed by atoms with E-state index >= 15 is 0 Å². The molecule has 6 nitrogen and oxygen atoms in total. The van der Waals surface area contributed by atoms with Gasteiger partial charge in [-0.2, -0.15) is 0 Å². The van der Waals surface area contributed by atoms with Crippen LogP contribution in [0.15, 0.2) is 47.1 Å². The van der Waals surface area contributed by atoms with Crippen molar-refractivity contribution >= 4 is 68.0 Å². The molecule has 6 heterocycles. The lowest BCUT2D eigenvalue weighted by molar-refractivity contribution is 1.34. The number of hydrogen-bond acceptors (Lipinski definition) is 12. The minimum atomic E-state index is 0.912. The molecule has 0 unspecified atom stereocenters. The van der Waals surface area contributed by atoms with E-state index in [1.165, 1.54) is 0 Å². The van der Waals surface area contributed by atoms with Crippen LogP contribution in [0.5, 0.6) is 0 Å². The van der Waals surface area contributed by atoms with Gasteiger partial charge in [-0.3, -0.25) is 0 Å². The Morgan fingerprint density at radius 1 is 0.500 bits per heavy atom. The highest BCUT2D eigenvalue weighted by atomic mass is 32.1. The zero-order valence-corrected chi connectivity index (χ0v) is 19.7. The molecule has 0 aliphatic heterocycles. The van der Waals surface area contributed by atoms with Gasteiger partial charge in [0.05, 0.1) is 20.3 Å². The van der Waals surface area contributed by atoms with Crippen molar-refractivity contribution in [1.82, 2.24) is 29.9 Å². The zero-order chi connectivity index (χ0) is 19.9. The van der Waals surface area contributed by atoms with E-state index in [1.54, 1.807) is 80.4 Å². The second kappa shape index (κ2) is 7.80. The summed E-state index contributed by atoms with van der Waals surface area (Å²) in [6, 6.07) is 0. The lowest BCUT2D eigenvalue weighted by Crippen LogP contribution is -1.74. The molecule has 0 atom stereocenters. The predicted molar refractivity (Wildman–Crippen MR) is 128 cm³/mol. The third-order valence-electron chi connectivity index (χ3n) is 3.93. The van der Waals surface area contributed by atoms with Crippen LogP contribution < -0.4 is 0 Å². The lowest BCUT2D eigenvalue weighted by Gasteiger charge is -1.89. The van der Waals surface area contributed by atoms with Gasteiger partial charge in [-0.05, 0) is 0 Å². The van der Waals surface area contributed by atoms with Crippen LogP contribution in [-0.2, 0) is 0 Å². The summed E-state index contributed by atoms with van der Waals surface area (Å²) in [5.74, 6) is 0. The molecule has 0 saturated heterocycles. The van der Waals surface area contributed by atoms with E-state index in [0.717, 1.165) is 50.4 Å². The molecule has 0 aliphatic rings. The molecule has 0 saturated carbocycles. The van der Waals surface area contributed by atoms with Crippen molar-refractivity contribution in [2.24, 2.45) is 0 Å². The van der Waals surface area contributed by atoms with E-state index in [9.17, 15) is 0 Å². The van der Waals surface area contributed by atoms with Crippen molar-refractivity contribution in [2.75, 3.05) is 0 Å². The second-order valence-electron chi connectivity index (χ2n) is 5.80. The molecule has 12 heteroatoms. The summed E-state index contributed by atoms with van der Waals surface area (Å²) >= 11 is 9.66. The summed E-state index contributed by atoms with van der Waals surface area (Å²) in [6.07, 6.45) is 9.25. The van der Waals surface area contributed by atoms with E-state index in [-0.39, 0.29) is 0 Å². The van der Waals surface area contributed by atoms with E-state index in [2.05, 4.69) is 30.3 Å². The molecule has 0 aromatic carbocycles. The normalized spacial score (nSPS) is 11.3. The number of rotatable bonds is 5. The van der Waals surface area contributed by atoms with Gasteiger partial charge in [0.2, 0.25) is 0 Å². The van der Waals surface area contributed by atoms with Gasteiger partial charge in [0, 0.05) is 47.1 Å².